The van der Waals surface area contributed by atoms with Gasteiger partial charge in [-0.2, -0.15) is 0 Å². The van der Waals surface area contributed by atoms with Crippen molar-refractivity contribution in [1.29, 1.82) is 0 Å². The first-order valence-corrected chi connectivity index (χ1v) is 6.04. The lowest BCUT2D eigenvalue weighted by Crippen LogP contribution is -2.29. The van der Waals surface area contributed by atoms with Crippen LogP contribution in [0.15, 0.2) is 6.20 Å². The molecule has 3 heteroatoms. The molecule has 2 rings (SSSR count). The smallest absolute Gasteiger partial charge is 0.0910 e. The summed E-state index contributed by atoms with van der Waals surface area (Å²) >= 11 is 0. The molecule has 1 aromatic rings. The summed E-state index contributed by atoms with van der Waals surface area (Å²) in [5, 5.41) is 0. The van der Waals surface area contributed by atoms with E-state index in [1.165, 1.54) is 0 Å². The number of nitrogens with zero attached hydrogens (tertiary/aromatic N) is 2. The van der Waals surface area contributed by atoms with Gasteiger partial charge in [-0.25, -0.2) is 0 Å². The van der Waals surface area contributed by atoms with Crippen molar-refractivity contribution < 1.29 is 4.74 Å². The van der Waals surface area contributed by atoms with Gasteiger partial charge in [0.05, 0.1) is 29.8 Å². The second-order valence-corrected chi connectivity index (χ2v) is 5.14. The van der Waals surface area contributed by atoms with E-state index in [0.29, 0.717) is 24.5 Å². The summed E-state index contributed by atoms with van der Waals surface area (Å²) in [5.41, 5.74) is 3.24. The minimum atomic E-state index is 0.296. The summed E-state index contributed by atoms with van der Waals surface area (Å²) in [7, 11) is 0. The van der Waals surface area contributed by atoms with Crippen LogP contribution in [-0.2, 0) is 17.8 Å². The summed E-state index contributed by atoms with van der Waals surface area (Å²) in [4.78, 5) is 9.15. The van der Waals surface area contributed by atoms with Crippen LogP contribution in [-0.4, -0.2) is 16.1 Å². The van der Waals surface area contributed by atoms with Crippen molar-refractivity contribution in [3.05, 3.63) is 23.3 Å². The third kappa shape index (κ3) is 2.24. The van der Waals surface area contributed by atoms with Crippen LogP contribution in [0.1, 0.15) is 50.7 Å². The fourth-order valence-corrected chi connectivity index (χ4v) is 1.89. The molecular weight excluding hydrogens is 200 g/mol. The largest absolute Gasteiger partial charge is 0.371 e. The first-order valence-electron chi connectivity index (χ1n) is 6.04. The van der Waals surface area contributed by atoms with Crippen LogP contribution in [0.3, 0.4) is 0 Å². The van der Waals surface area contributed by atoms with Gasteiger partial charge in [-0.3, -0.25) is 9.97 Å². The maximum absolute atomic E-state index is 5.76. The molecule has 0 bridgehead atoms. The molecule has 1 aliphatic heterocycles. The Labute approximate surface area is 97.3 Å². The lowest BCUT2D eigenvalue weighted by atomic mass is 9.98. The van der Waals surface area contributed by atoms with Crippen LogP contribution < -0.4 is 0 Å². The first-order chi connectivity index (χ1) is 7.58. The Morgan fingerprint density at radius 2 is 2.00 bits per heavy atom. The van der Waals surface area contributed by atoms with Gasteiger partial charge in [0, 0.05) is 12.6 Å². The third-order valence-electron chi connectivity index (χ3n) is 3.11. The zero-order chi connectivity index (χ0) is 11.7. The number of fused-ring (bicyclic) bond motifs is 1. The molecule has 0 saturated carbocycles. The molecule has 0 aliphatic carbocycles. The minimum absolute atomic E-state index is 0.296. The highest BCUT2D eigenvalue weighted by molar-refractivity contribution is 5.18. The lowest BCUT2D eigenvalue weighted by molar-refractivity contribution is -0.00383. The Kier molecular flexibility index (Phi) is 3.24. The summed E-state index contributed by atoms with van der Waals surface area (Å²) in [6.07, 6.45) is 3.08. The minimum Gasteiger partial charge on any atom is -0.371 e. The van der Waals surface area contributed by atoms with Crippen LogP contribution in [0.25, 0.3) is 0 Å². The number of ether oxygens (including phenoxy) is 1. The molecule has 1 aliphatic rings. The average Bonchev–Trinajstić information content (AvgIpc) is 2.27. The number of rotatable bonds is 2. The number of hydrogen-bond donors (Lipinski definition) is 0. The van der Waals surface area contributed by atoms with E-state index >= 15 is 0 Å². The SMILES string of the molecule is CC(C)c1cnc2c(n1)CC(C(C)C)OC2. The summed E-state index contributed by atoms with van der Waals surface area (Å²) in [6.45, 7) is 9.29. The topological polar surface area (TPSA) is 35.0 Å². The van der Waals surface area contributed by atoms with E-state index in [-0.39, 0.29) is 0 Å². The fraction of sp³-hybridized carbons (Fsp3) is 0.692. The van der Waals surface area contributed by atoms with Crippen LogP contribution in [0.2, 0.25) is 0 Å². The van der Waals surface area contributed by atoms with E-state index in [1.807, 2.05) is 6.20 Å². The van der Waals surface area contributed by atoms with Gasteiger partial charge in [-0.1, -0.05) is 27.7 Å². The monoisotopic (exact) mass is 220 g/mol. The van der Waals surface area contributed by atoms with Crippen LogP contribution in [0.5, 0.6) is 0 Å². The zero-order valence-electron chi connectivity index (χ0n) is 10.5. The van der Waals surface area contributed by atoms with E-state index in [1.54, 1.807) is 0 Å². The molecular formula is C13H20N2O. The van der Waals surface area contributed by atoms with Gasteiger partial charge in [-0.15, -0.1) is 0 Å². The molecule has 3 nitrogen and oxygen atoms in total. The predicted octanol–water partition coefficient (Wildman–Crippen LogP) is 2.70. The van der Waals surface area contributed by atoms with E-state index < -0.39 is 0 Å². The van der Waals surface area contributed by atoms with Gasteiger partial charge in [0.2, 0.25) is 0 Å². The molecule has 16 heavy (non-hydrogen) atoms. The van der Waals surface area contributed by atoms with E-state index in [2.05, 4.69) is 32.7 Å². The quantitative estimate of drug-likeness (QED) is 0.768. The van der Waals surface area contributed by atoms with Gasteiger partial charge in [-0.05, 0) is 11.8 Å². The van der Waals surface area contributed by atoms with Crippen molar-refractivity contribution in [2.75, 3.05) is 0 Å². The normalized spacial score (nSPS) is 20.2. The second-order valence-electron chi connectivity index (χ2n) is 5.14. The molecule has 0 amide bonds. The molecule has 0 saturated heterocycles. The van der Waals surface area contributed by atoms with Crippen molar-refractivity contribution in [1.82, 2.24) is 9.97 Å². The Balaban J connectivity index is 2.25. The molecule has 0 aromatic carbocycles. The average molecular weight is 220 g/mol. The van der Waals surface area contributed by atoms with Gasteiger partial charge >= 0.3 is 0 Å². The molecule has 1 unspecified atom stereocenters. The van der Waals surface area contributed by atoms with Crippen LogP contribution in [0.4, 0.5) is 0 Å². The zero-order valence-corrected chi connectivity index (χ0v) is 10.5. The van der Waals surface area contributed by atoms with E-state index in [4.69, 9.17) is 9.72 Å². The standard InChI is InChI=1S/C13H20N2O/c1-8(2)11-6-14-12-7-16-13(9(3)4)5-10(12)15-11/h6,8-9,13H,5,7H2,1-4H3. The molecule has 1 aromatic heterocycles. The van der Waals surface area contributed by atoms with E-state index in [9.17, 15) is 0 Å². The highest BCUT2D eigenvalue weighted by Crippen LogP contribution is 2.23. The molecule has 0 spiro atoms. The predicted molar refractivity (Wildman–Crippen MR) is 63.2 cm³/mol. The third-order valence-corrected chi connectivity index (χ3v) is 3.11. The molecule has 88 valence electrons. The molecule has 0 radical (unpaired) electrons. The molecule has 0 N–H and O–H groups in total. The van der Waals surface area contributed by atoms with Gasteiger partial charge < -0.3 is 4.74 Å². The summed E-state index contributed by atoms with van der Waals surface area (Å²) < 4.78 is 5.76. The number of hydrogen-bond acceptors (Lipinski definition) is 3. The van der Waals surface area contributed by atoms with Crippen molar-refractivity contribution in [2.45, 2.75) is 52.7 Å². The Bertz CT molecular complexity index is 374. The van der Waals surface area contributed by atoms with Gasteiger partial charge in [0.15, 0.2) is 0 Å². The summed E-state index contributed by atoms with van der Waals surface area (Å²) in [5.74, 6) is 0.982. The fourth-order valence-electron chi connectivity index (χ4n) is 1.89. The summed E-state index contributed by atoms with van der Waals surface area (Å²) in [6, 6.07) is 0. The van der Waals surface area contributed by atoms with Crippen molar-refractivity contribution in [3.63, 3.8) is 0 Å². The highest BCUT2D eigenvalue weighted by atomic mass is 16.5. The highest BCUT2D eigenvalue weighted by Gasteiger charge is 2.24. The van der Waals surface area contributed by atoms with Crippen molar-refractivity contribution in [2.24, 2.45) is 5.92 Å². The van der Waals surface area contributed by atoms with Gasteiger partial charge in [0.25, 0.3) is 0 Å². The second kappa shape index (κ2) is 4.50. The first kappa shape index (κ1) is 11.5. The van der Waals surface area contributed by atoms with Crippen molar-refractivity contribution in [3.8, 4) is 0 Å². The molecule has 1 atom stereocenters. The van der Waals surface area contributed by atoms with Crippen LogP contribution >= 0.6 is 0 Å². The Hall–Kier alpha value is -0.960. The van der Waals surface area contributed by atoms with Gasteiger partial charge in [0.1, 0.15) is 0 Å². The molecule has 0 fully saturated rings. The maximum atomic E-state index is 5.76. The Morgan fingerprint density at radius 1 is 1.25 bits per heavy atom. The maximum Gasteiger partial charge on any atom is 0.0910 e. The Morgan fingerprint density at radius 3 is 2.62 bits per heavy atom. The van der Waals surface area contributed by atoms with E-state index in [0.717, 1.165) is 23.5 Å². The molecule has 2 heterocycles. The van der Waals surface area contributed by atoms with Crippen molar-refractivity contribution >= 4 is 0 Å². The lowest BCUT2D eigenvalue weighted by Gasteiger charge is -2.27. The number of aromatic nitrogens is 2. The van der Waals surface area contributed by atoms with Crippen LogP contribution in [0, 0.1) is 5.92 Å².